The number of hydrogen-bond donors (Lipinski definition) is 1. The van der Waals surface area contributed by atoms with Gasteiger partial charge in [0.05, 0.1) is 17.5 Å². The second-order valence-corrected chi connectivity index (χ2v) is 6.63. The van der Waals surface area contributed by atoms with Gasteiger partial charge in [0.25, 0.3) is 5.91 Å². The Morgan fingerprint density at radius 3 is 2.62 bits per heavy atom. The number of para-hydroxylation sites is 1. The number of furan rings is 1. The number of thioether (sulfide) groups is 1. The number of nitrogens with zero attached hydrogens (tertiary/aromatic N) is 2. The molecule has 0 saturated heterocycles. The fourth-order valence-electron chi connectivity index (χ4n) is 2.61. The molecule has 1 amide bonds. The summed E-state index contributed by atoms with van der Waals surface area (Å²) in [6.07, 6.45) is -1.57. The number of aromatic nitrogens is 2. The SMILES string of the molecule is CSc1nc(-c2ccco2)nc(C)c1C(=O)NCc1ccccc1OC(F)(F)F. The summed E-state index contributed by atoms with van der Waals surface area (Å²) in [4.78, 5) is 21.4. The molecule has 152 valence electrons. The van der Waals surface area contributed by atoms with Crippen LogP contribution in [0.15, 0.2) is 52.1 Å². The average molecular weight is 423 g/mol. The Bertz CT molecular complexity index is 1010. The van der Waals surface area contributed by atoms with Crippen LogP contribution in [0.5, 0.6) is 5.75 Å². The molecule has 0 spiro atoms. The molecule has 29 heavy (non-hydrogen) atoms. The molecule has 2 heterocycles. The third kappa shape index (κ3) is 5.08. The van der Waals surface area contributed by atoms with Gasteiger partial charge in [-0.25, -0.2) is 9.97 Å². The Morgan fingerprint density at radius 1 is 1.21 bits per heavy atom. The summed E-state index contributed by atoms with van der Waals surface area (Å²) in [5, 5.41) is 3.04. The number of alkyl halides is 3. The van der Waals surface area contributed by atoms with Crippen molar-refractivity contribution in [3.63, 3.8) is 0 Å². The van der Waals surface area contributed by atoms with E-state index in [2.05, 4.69) is 20.0 Å². The maximum absolute atomic E-state index is 12.7. The third-order valence-corrected chi connectivity index (χ3v) is 4.54. The molecule has 0 aliphatic rings. The van der Waals surface area contributed by atoms with Crippen LogP contribution >= 0.6 is 11.8 Å². The van der Waals surface area contributed by atoms with Crippen molar-refractivity contribution in [2.75, 3.05) is 6.26 Å². The summed E-state index contributed by atoms with van der Waals surface area (Å²) >= 11 is 1.25. The minimum Gasteiger partial charge on any atom is -0.461 e. The lowest BCUT2D eigenvalue weighted by molar-refractivity contribution is -0.274. The zero-order valence-corrected chi connectivity index (χ0v) is 16.2. The molecule has 0 aliphatic heterocycles. The topological polar surface area (TPSA) is 77.2 Å². The lowest BCUT2D eigenvalue weighted by Gasteiger charge is -2.15. The molecule has 3 rings (SSSR count). The van der Waals surface area contributed by atoms with Gasteiger partial charge < -0.3 is 14.5 Å². The Hall–Kier alpha value is -3.01. The Morgan fingerprint density at radius 2 is 1.97 bits per heavy atom. The normalized spacial score (nSPS) is 11.3. The van der Waals surface area contributed by atoms with E-state index in [0.29, 0.717) is 22.3 Å². The van der Waals surface area contributed by atoms with Crippen LogP contribution < -0.4 is 10.1 Å². The quantitative estimate of drug-likeness (QED) is 0.461. The van der Waals surface area contributed by atoms with Crippen molar-refractivity contribution in [1.29, 1.82) is 0 Å². The van der Waals surface area contributed by atoms with Crippen LogP contribution in [0.4, 0.5) is 13.2 Å². The van der Waals surface area contributed by atoms with Crippen molar-refractivity contribution in [3.8, 4) is 17.3 Å². The maximum Gasteiger partial charge on any atom is 0.573 e. The average Bonchev–Trinajstić information content (AvgIpc) is 3.20. The number of rotatable bonds is 6. The van der Waals surface area contributed by atoms with Gasteiger partial charge in [-0.05, 0) is 31.4 Å². The highest BCUT2D eigenvalue weighted by Gasteiger charge is 2.32. The highest BCUT2D eigenvalue weighted by molar-refractivity contribution is 7.98. The molecule has 10 heteroatoms. The minimum atomic E-state index is -4.82. The number of carbonyl (C=O) groups is 1. The van der Waals surface area contributed by atoms with E-state index in [1.54, 1.807) is 31.4 Å². The van der Waals surface area contributed by atoms with Crippen LogP contribution in [0, 0.1) is 6.92 Å². The van der Waals surface area contributed by atoms with E-state index in [1.165, 1.54) is 36.2 Å². The van der Waals surface area contributed by atoms with Crippen LogP contribution in [-0.2, 0) is 6.54 Å². The molecule has 1 aromatic carbocycles. The molecule has 6 nitrogen and oxygen atoms in total. The van der Waals surface area contributed by atoms with Crippen molar-refractivity contribution in [2.45, 2.75) is 24.9 Å². The van der Waals surface area contributed by atoms with Gasteiger partial charge in [0.2, 0.25) is 0 Å². The van der Waals surface area contributed by atoms with Crippen LogP contribution in [-0.4, -0.2) is 28.5 Å². The van der Waals surface area contributed by atoms with E-state index in [1.807, 2.05) is 0 Å². The molecule has 3 aromatic rings. The van der Waals surface area contributed by atoms with Crippen LogP contribution in [0.25, 0.3) is 11.6 Å². The lowest BCUT2D eigenvalue weighted by atomic mass is 10.2. The number of ether oxygens (including phenoxy) is 1. The van der Waals surface area contributed by atoms with E-state index in [4.69, 9.17) is 4.42 Å². The number of amides is 1. The van der Waals surface area contributed by atoms with Crippen molar-refractivity contribution in [1.82, 2.24) is 15.3 Å². The van der Waals surface area contributed by atoms with E-state index >= 15 is 0 Å². The predicted octanol–water partition coefficient (Wildman–Crippen LogP) is 4.60. The van der Waals surface area contributed by atoms with Crippen molar-refractivity contribution in [2.24, 2.45) is 0 Å². The molecular formula is C19H16F3N3O3S. The molecule has 2 aromatic heterocycles. The largest absolute Gasteiger partial charge is 0.573 e. The Labute approximate surface area is 168 Å². The Balaban J connectivity index is 1.82. The first-order chi connectivity index (χ1) is 13.8. The minimum absolute atomic E-state index is 0.154. The molecule has 0 fully saturated rings. The van der Waals surface area contributed by atoms with Gasteiger partial charge in [0, 0.05) is 12.1 Å². The third-order valence-electron chi connectivity index (χ3n) is 3.86. The van der Waals surface area contributed by atoms with Crippen LogP contribution in [0.2, 0.25) is 0 Å². The van der Waals surface area contributed by atoms with Gasteiger partial charge in [-0.2, -0.15) is 0 Å². The number of carbonyl (C=O) groups excluding carboxylic acids is 1. The first kappa shape index (κ1) is 20.7. The number of benzene rings is 1. The van der Waals surface area contributed by atoms with Crippen molar-refractivity contribution >= 4 is 17.7 Å². The van der Waals surface area contributed by atoms with E-state index < -0.39 is 12.3 Å². The summed E-state index contributed by atoms with van der Waals surface area (Å²) in [6.45, 7) is 1.50. The van der Waals surface area contributed by atoms with Gasteiger partial charge in [-0.15, -0.1) is 24.9 Å². The smallest absolute Gasteiger partial charge is 0.461 e. The van der Waals surface area contributed by atoms with Gasteiger partial charge in [0.15, 0.2) is 11.6 Å². The summed E-state index contributed by atoms with van der Waals surface area (Å²) in [7, 11) is 0. The molecule has 1 N–H and O–H groups in total. The van der Waals surface area contributed by atoms with Crippen molar-refractivity contribution < 1.29 is 27.1 Å². The summed E-state index contributed by atoms with van der Waals surface area (Å²) in [5.41, 5.74) is 0.866. The monoisotopic (exact) mass is 423 g/mol. The zero-order valence-electron chi connectivity index (χ0n) is 15.4. The Kier molecular flexibility index (Phi) is 6.12. The predicted molar refractivity (Wildman–Crippen MR) is 101 cm³/mol. The fourth-order valence-corrected chi connectivity index (χ4v) is 3.23. The van der Waals surface area contributed by atoms with Gasteiger partial charge >= 0.3 is 6.36 Å². The summed E-state index contributed by atoms with van der Waals surface area (Å²) < 4.78 is 47.0. The molecular weight excluding hydrogens is 407 g/mol. The zero-order chi connectivity index (χ0) is 21.0. The highest BCUT2D eigenvalue weighted by atomic mass is 32.2. The molecule has 0 radical (unpaired) electrons. The maximum atomic E-state index is 12.7. The van der Waals surface area contributed by atoms with E-state index in [-0.39, 0.29) is 23.4 Å². The van der Waals surface area contributed by atoms with E-state index in [9.17, 15) is 18.0 Å². The number of aryl methyl sites for hydroxylation is 1. The van der Waals surface area contributed by atoms with E-state index in [0.717, 1.165) is 0 Å². The second-order valence-electron chi connectivity index (χ2n) is 5.83. The van der Waals surface area contributed by atoms with Gasteiger partial charge in [-0.1, -0.05) is 18.2 Å². The molecule has 0 atom stereocenters. The molecule has 0 saturated carbocycles. The highest BCUT2D eigenvalue weighted by Crippen LogP contribution is 2.27. The first-order valence-electron chi connectivity index (χ1n) is 8.37. The number of hydrogen-bond acceptors (Lipinski definition) is 6. The second kappa shape index (κ2) is 8.56. The number of halogens is 3. The molecule has 0 aliphatic carbocycles. The van der Waals surface area contributed by atoms with Gasteiger partial charge in [-0.3, -0.25) is 4.79 Å². The fraction of sp³-hybridized carbons (Fsp3) is 0.211. The summed E-state index contributed by atoms with van der Waals surface area (Å²) in [5.74, 6) is -0.0582. The van der Waals surface area contributed by atoms with Gasteiger partial charge in [0.1, 0.15) is 10.8 Å². The first-order valence-corrected chi connectivity index (χ1v) is 9.59. The standard InChI is InChI=1S/C19H16F3N3O3S/c1-11-15(18(29-2)25-16(24-11)14-8-5-9-27-14)17(26)23-10-12-6-3-4-7-13(12)28-19(20,21)22/h3-9H,10H2,1-2H3,(H,23,26). The van der Waals surface area contributed by atoms with Crippen molar-refractivity contribution in [3.05, 3.63) is 59.5 Å². The molecule has 0 unspecified atom stereocenters. The van der Waals surface area contributed by atoms with Crippen LogP contribution in [0.1, 0.15) is 21.6 Å². The summed E-state index contributed by atoms with van der Waals surface area (Å²) in [6, 6.07) is 9.02. The lowest BCUT2D eigenvalue weighted by Crippen LogP contribution is -2.26. The molecule has 0 bridgehead atoms. The number of nitrogens with one attached hydrogen (secondary N) is 1. The van der Waals surface area contributed by atoms with Crippen LogP contribution in [0.3, 0.4) is 0 Å².